The molecule has 0 atom stereocenters. The Morgan fingerprint density at radius 3 is 2.62 bits per heavy atom. The van der Waals surface area contributed by atoms with Gasteiger partial charge in [-0.1, -0.05) is 32.9 Å². The van der Waals surface area contributed by atoms with Crippen molar-refractivity contribution in [3.8, 4) is 0 Å². The summed E-state index contributed by atoms with van der Waals surface area (Å²) in [5.41, 5.74) is 3.37. The number of hydrogen-bond donors (Lipinski definition) is 0. The molecule has 0 saturated carbocycles. The van der Waals surface area contributed by atoms with Crippen molar-refractivity contribution in [1.29, 1.82) is 0 Å². The van der Waals surface area contributed by atoms with E-state index in [4.69, 9.17) is 0 Å². The molecule has 2 aromatic carbocycles. The maximum absolute atomic E-state index is 13.6. The third-order valence-electron chi connectivity index (χ3n) is 4.85. The first-order valence-corrected chi connectivity index (χ1v) is 10.7. The fraction of sp³-hybridized carbons (Fsp3) is 0.429. The summed E-state index contributed by atoms with van der Waals surface area (Å²) in [5.74, 6) is 0.0367. The van der Waals surface area contributed by atoms with Gasteiger partial charge in [-0.3, -0.25) is 4.31 Å². The van der Waals surface area contributed by atoms with Crippen LogP contribution in [0.3, 0.4) is 0 Å². The first-order valence-electron chi connectivity index (χ1n) is 9.26. The van der Waals surface area contributed by atoms with Crippen LogP contribution in [0.4, 0.5) is 10.1 Å². The Hall–Kier alpha value is -1.88. The van der Waals surface area contributed by atoms with E-state index >= 15 is 0 Å². The molecule has 26 heavy (non-hydrogen) atoms. The van der Waals surface area contributed by atoms with Crippen LogP contribution in [0, 0.1) is 11.7 Å². The topological polar surface area (TPSA) is 37.4 Å². The molecule has 0 fully saturated rings. The lowest BCUT2D eigenvalue weighted by molar-refractivity contribution is 0.580. The summed E-state index contributed by atoms with van der Waals surface area (Å²) >= 11 is 0. The summed E-state index contributed by atoms with van der Waals surface area (Å²) in [6, 6.07) is 10.0. The molecule has 1 heterocycles. The van der Waals surface area contributed by atoms with Crippen molar-refractivity contribution in [3.05, 3.63) is 58.9 Å². The van der Waals surface area contributed by atoms with Crippen LogP contribution in [-0.2, 0) is 29.3 Å². The molecule has 3 nitrogen and oxygen atoms in total. The molecule has 0 aromatic heterocycles. The average molecular weight is 376 g/mol. The van der Waals surface area contributed by atoms with Crippen molar-refractivity contribution in [2.45, 2.75) is 51.3 Å². The number of sulfonamides is 1. The Balaban J connectivity index is 2.10. The highest BCUT2D eigenvalue weighted by Gasteiger charge is 2.31. The Labute approximate surface area is 155 Å². The van der Waals surface area contributed by atoms with Gasteiger partial charge >= 0.3 is 0 Å². The van der Waals surface area contributed by atoms with E-state index in [0.717, 1.165) is 23.1 Å². The van der Waals surface area contributed by atoms with E-state index in [1.54, 1.807) is 12.1 Å². The summed E-state index contributed by atoms with van der Waals surface area (Å²) in [4.78, 5) is 0.376. The van der Waals surface area contributed by atoms with Crippen molar-refractivity contribution in [2.24, 2.45) is 5.92 Å². The van der Waals surface area contributed by atoms with Crippen LogP contribution < -0.4 is 4.31 Å². The minimum absolute atomic E-state index is 0.323. The van der Waals surface area contributed by atoms with Gasteiger partial charge < -0.3 is 0 Å². The Bertz CT molecular complexity index is 906. The van der Waals surface area contributed by atoms with E-state index in [1.807, 2.05) is 12.1 Å². The number of halogens is 1. The summed E-state index contributed by atoms with van der Waals surface area (Å²) in [7, 11) is -3.68. The second-order valence-corrected chi connectivity index (χ2v) is 9.18. The van der Waals surface area contributed by atoms with Gasteiger partial charge in [-0.15, -0.1) is 0 Å². The fourth-order valence-corrected chi connectivity index (χ4v) is 5.36. The van der Waals surface area contributed by atoms with Crippen LogP contribution in [-0.4, -0.2) is 15.0 Å². The molecule has 0 amide bonds. The quantitative estimate of drug-likeness (QED) is 0.758. The van der Waals surface area contributed by atoms with Crippen LogP contribution in [0.25, 0.3) is 0 Å². The number of nitrogens with zero attached hydrogens (tertiary/aromatic N) is 1. The normalized spacial score (nSPS) is 14.6. The molecule has 140 valence electrons. The second-order valence-electron chi connectivity index (χ2n) is 7.35. The van der Waals surface area contributed by atoms with Crippen molar-refractivity contribution in [3.63, 3.8) is 0 Å². The monoisotopic (exact) mass is 375 g/mol. The summed E-state index contributed by atoms with van der Waals surface area (Å²) in [6.45, 7) is 6.68. The maximum atomic E-state index is 13.6. The van der Waals surface area contributed by atoms with Gasteiger partial charge in [-0.05, 0) is 72.6 Å². The molecule has 0 bridgehead atoms. The number of fused-ring (bicyclic) bond motifs is 1. The molecular weight excluding hydrogens is 349 g/mol. The molecule has 1 aliphatic heterocycles. The van der Waals surface area contributed by atoms with Gasteiger partial charge in [0, 0.05) is 6.54 Å². The molecule has 0 saturated heterocycles. The van der Waals surface area contributed by atoms with E-state index in [-0.39, 0.29) is 5.82 Å². The fourth-order valence-electron chi connectivity index (χ4n) is 3.60. The molecule has 0 aliphatic carbocycles. The number of benzene rings is 2. The number of aryl methyl sites for hydroxylation is 2. The SMILES string of the molecule is CCc1ccc(S(=O)(=O)N2CCCc3cc(F)ccc32)c(CC(C)C)c1. The molecule has 0 radical (unpaired) electrons. The summed E-state index contributed by atoms with van der Waals surface area (Å²) in [6.07, 6.45) is 2.98. The molecular formula is C21H26FNO2S. The van der Waals surface area contributed by atoms with Crippen LogP contribution >= 0.6 is 0 Å². The van der Waals surface area contributed by atoms with Crippen LogP contribution in [0.1, 0.15) is 43.9 Å². The van der Waals surface area contributed by atoms with Crippen molar-refractivity contribution >= 4 is 15.7 Å². The molecule has 0 unspecified atom stereocenters. The highest BCUT2D eigenvalue weighted by atomic mass is 32.2. The lowest BCUT2D eigenvalue weighted by Crippen LogP contribution is -2.36. The zero-order valence-corrected chi connectivity index (χ0v) is 16.4. The third-order valence-corrected chi connectivity index (χ3v) is 6.76. The number of hydrogen-bond acceptors (Lipinski definition) is 2. The van der Waals surface area contributed by atoms with E-state index in [0.29, 0.717) is 42.3 Å². The van der Waals surface area contributed by atoms with E-state index in [9.17, 15) is 12.8 Å². The first-order chi connectivity index (χ1) is 12.3. The molecule has 0 N–H and O–H groups in total. The number of anilines is 1. The lowest BCUT2D eigenvalue weighted by Gasteiger charge is -2.31. The predicted molar refractivity (Wildman–Crippen MR) is 104 cm³/mol. The van der Waals surface area contributed by atoms with Crippen molar-refractivity contribution in [1.82, 2.24) is 0 Å². The van der Waals surface area contributed by atoms with Gasteiger partial charge in [0.2, 0.25) is 0 Å². The van der Waals surface area contributed by atoms with Gasteiger partial charge in [0.1, 0.15) is 5.82 Å². The summed E-state index contributed by atoms with van der Waals surface area (Å²) < 4.78 is 42.0. The van der Waals surface area contributed by atoms with Gasteiger partial charge in [-0.25, -0.2) is 12.8 Å². The maximum Gasteiger partial charge on any atom is 0.264 e. The number of rotatable bonds is 5. The van der Waals surface area contributed by atoms with Gasteiger partial charge in [0.05, 0.1) is 10.6 Å². The van der Waals surface area contributed by atoms with Crippen LogP contribution in [0.2, 0.25) is 0 Å². The summed E-state index contributed by atoms with van der Waals surface area (Å²) in [5, 5.41) is 0. The molecule has 1 aliphatic rings. The van der Waals surface area contributed by atoms with Crippen molar-refractivity contribution in [2.75, 3.05) is 10.8 Å². The lowest BCUT2D eigenvalue weighted by atomic mass is 10.0. The highest BCUT2D eigenvalue weighted by molar-refractivity contribution is 7.92. The zero-order chi connectivity index (χ0) is 18.9. The first kappa shape index (κ1) is 18.9. The van der Waals surface area contributed by atoms with E-state index in [2.05, 4.69) is 20.8 Å². The van der Waals surface area contributed by atoms with Gasteiger partial charge in [0.25, 0.3) is 10.0 Å². The van der Waals surface area contributed by atoms with Crippen molar-refractivity contribution < 1.29 is 12.8 Å². The largest absolute Gasteiger partial charge is 0.266 e. The smallest absolute Gasteiger partial charge is 0.264 e. The highest BCUT2D eigenvalue weighted by Crippen LogP contribution is 2.34. The Morgan fingerprint density at radius 2 is 1.92 bits per heavy atom. The Morgan fingerprint density at radius 1 is 1.15 bits per heavy atom. The van der Waals surface area contributed by atoms with E-state index in [1.165, 1.54) is 16.4 Å². The van der Waals surface area contributed by atoms with Crippen LogP contribution in [0.5, 0.6) is 0 Å². The zero-order valence-electron chi connectivity index (χ0n) is 15.6. The third kappa shape index (κ3) is 3.63. The molecule has 3 rings (SSSR count). The Kier molecular flexibility index (Phi) is 5.37. The van der Waals surface area contributed by atoms with Gasteiger partial charge in [-0.2, -0.15) is 0 Å². The molecule has 5 heteroatoms. The average Bonchev–Trinajstić information content (AvgIpc) is 2.60. The predicted octanol–water partition coefficient (Wildman–Crippen LogP) is 4.73. The standard InChI is InChI=1S/C21H26FNO2S/c1-4-16-7-10-21(18(13-16)12-15(2)3)26(24,25)23-11-5-6-17-14-19(22)8-9-20(17)23/h7-10,13-15H,4-6,11-12H2,1-3H3. The minimum atomic E-state index is -3.68. The van der Waals surface area contributed by atoms with E-state index < -0.39 is 10.0 Å². The van der Waals surface area contributed by atoms with Crippen LogP contribution in [0.15, 0.2) is 41.3 Å². The molecule has 2 aromatic rings. The molecule has 0 spiro atoms. The second kappa shape index (κ2) is 7.39. The van der Waals surface area contributed by atoms with Gasteiger partial charge in [0.15, 0.2) is 0 Å². The minimum Gasteiger partial charge on any atom is -0.266 e.